The number of sulfonamides is 1. The van der Waals surface area contributed by atoms with Crippen LogP contribution in [-0.2, 0) is 10.0 Å². The number of nitrogens with one attached hydrogen (secondary N) is 1. The Morgan fingerprint density at radius 1 is 1.56 bits per heavy atom. The topological polar surface area (TPSA) is 89.3 Å². The highest BCUT2D eigenvalue weighted by molar-refractivity contribution is 9.11. The third kappa shape index (κ3) is 3.62. The van der Waals surface area contributed by atoms with Gasteiger partial charge < -0.3 is 0 Å². The molecule has 1 N–H and O–H groups in total. The van der Waals surface area contributed by atoms with Crippen molar-refractivity contribution in [3.63, 3.8) is 0 Å². The molecule has 0 atom stereocenters. The van der Waals surface area contributed by atoms with Gasteiger partial charge in [-0.3, -0.25) is 10.1 Å². The number of nitro groups is 1. The molecule has 1 aromatic rings. The van der Waals surface area contributed by atoms with Crippen LogP contribution in [0, 0.1) is 17.0 Å². The van der Waals surface area contributed by atoms with Gasteiger partial charge in [0.2, 0.25) is 10.0 Å². The van der Waals surface area contributed by atoms with E-state index in [0.29, 0.717) is 10.0 Å². The van der Waals surface area contributed by atoms with E-state index in [-0.39, 0.29) is 17.1 Å². The Morgan fingerprint density at radius 2 is 2.17 bits per heavy atom. The fourth-order valence-electron chi connectivity index (χ4n) is 1.24. The molecule has 0 aliphatic carbocycles. The molecule has 0 saturated carbocycles. The van der Waals surface area contributed by atoms with E-state index in [9.17, 15) is 18.5 Å². The van der Waals surface area contributed by atoms with E-state index in [1.807, 2.05) is 0 Å². The highest BCUT2D eigenvalue weighted by Crippen LogP contribution is 2.21. The molecular weight excluding hydrogens is 324 g/mol. The molecule has 1 aromatic carbocycles. The van der Waals surface area contributed by atoms with Crippen LogP contribution in [0.15, 0.2) is 34.2 Å². The number of rotatable bonds is 5. The van der Waals surface area contributed by atoms with Crippen LogP contribution in [-0.4, -0.2) is 19.9 Å². The molecule has 98 valence electrons. The normalized spacial score (nSPS) is 11.2. The van der Waals surface area contributed by atoms with Crippen LogP contribution in [0.4, 0.5) is 5.69 Å². The van der Waals surface area contributed by atoms with Gasteiger partial charge in [-0.25, -0.2) is 13.1 Å². The van der Waals surface area contributed by atoms with Crippen molar-refractivity contribution in [3.05, 3.63) is 44.9 Å². The Bertz CT molecular complexity index is 598. The third-order valence-corrected chi connectivity index (χ3v) is 3.95. The molecule has 0 amide bonds. The van der Waals surface area contributed by atoms with E-state index in [0.717, 1.165) is 6.07 Å². The average molecular weight is 335 g/mol. The fraction of sp³-hybridized carbons (Fsp3) is 0.200. The maximum absolute atomic E-state index is 11.9. The van der Waals surface area contributed by atoms with Gasteiger partial charge in [0, 0.05) is 23.2 Å². The van der Waals surface area contributed by atoms with Crippen molar-refractivity contribution in [2.75, 3.05) is 6.54 Å². The molecular formula is C10H11BrN2O4S. The van der Waals surface area contributed by atoms with E-state index < -0.39 is 14.9 Å². The minimum absolute atomic E-state index is 0.0183. The number of nitro benzene ring substituents is 1. The zero-order valence-corrected chi connectivity index (χ0v) is 11.9. The summed E-state index contributed by atoms with van der Waals surface area (Å²) in [5, 5.41) is 10.6. The molecule has 18 heavy (non-hydrogen) atoms. The van der Waals surface area contributed by atoms with E-state index in [4.69, 9.17) is 0 Å². The summed E-state index contributed by atoms with van der Waals surface area (Å²) in [4.78, 5) is 9.88. The minimum Gasteiger partial charge on any atom is -0.258 e. The first-order valence-corrected chi connectivity index (χ1v) is 7.09. The summed E-state index contributed by atoms with van der Waals surface area (Å²) >= 11 is 3.03. The van der Waals surface area contributed by atoms with Gasteiger partial charge in [-0.15, -0.1) is 0 Å². The lowest BCUT2D eigenvalue weighted by Crippen LogP contribution is -2.25. The smallest absolute Gasteiger partial charge is 0.258 e. The number of benzene rings is 1. The van der Waals surface area contributed by atoms with Crippen LogP contribution in [0.1, 0.15) is 5.56 Å². The Hall–Kier alpha value is -1.25. The standard InChI is InChI=1S/C10H11BrN2O4S/c1-7-3-4-9(13(14)15)5-10(7)18(16,17)12-6-8(2)11/h3-5,12H,2,6H2,1H3. The molecule has 8 heteroatoms. The molecule has 0 spiro atoms. The Kier molecular flexibility index (Phi) is 4.60. The first kappa shape index (κ1) is 14.8. The van der Waals surface area contributed by atoms with E-state index in [2.05, 4.69) is 27.2 Å². The summed E-state index contributed by atoms with van der Waals surface area (Å²) in [7, 11) is -3.79. The molecule has 0 aliphatic heterocycles. The van der Waals surface area contributed by atoms with Crippen molar-refractivity contribution >= 4 is 31.6 Å². The quantitative estimate of drug-likeness (QED) is 0.659. The van der Waals surface area contributed by atoms with Gasteiger partial charge in [0.1, 0.15) is 0 Å². The van der Waals surface area contributed by atoms with Crippen LogP contribution in [0.25, 0.3) is 0 Å². The van der Waals surface area contributed by atoms with Gasteiger partial charge in [0.15, 0.2) is 0 Å². The van der Waals surface area contributed by atoms with E-state index >= 15 is 0 Å². The Balaban J connectivity index is 3.18. The zero-order valence-electron chi connectivity index (χ0n) is 9.51. The predicted molar refractivity (Wildman–Crippen MR) is 71.1 cm³/mol. The molecule has 0 unspecified atom stereocenters. The molecule has 0 aliphatic rings. The lowest BCUT2D eigenvalue weighted by molar-refractivity contribution is -0.385. The van der Waals surface area contributed by atoms with Crippen molar-refractivity contribution in [2.45, 2.75) is 11.8 Å². The van der Waals surface area contributed by atoms with Gasteiger partial charge in [-0.1, -0.05) is 28.6 Å². The second-order valence-corrected chi connectivity index (χ2v) is 6.41. The van der Waals surface area contributed by atoms with Crippen LogP contribution in [0.5, 0.6) is 0 Å². The summed E-state index contributed by atoms with van der Waals surface area (Å²) < 4.78 is 26.6. The van der Waals surface area contributed by atoms with Crippen LogP contribution < -0.4 is 4.72 Å². The third-order valence-electron chi connectivity index (χ3n) is 2.13. The molecule has 0 heterocycles. The molecule has 1 rings (SSSR count). The number of non-ortho nitro benzene ring substituents is 1. The van der Waals surface area contributed by atoms with Gasteiger partial charge in [-0.05, 0) is 12.5 Å². The summed E-state index contributed by atoms with van der Waals surface area (Å²) in [5.41, 5.74) is 0.173. The number of hydrogen-bond acceptors (Lipinski definition) is 4. The summed E-state index contributed by atoms with van der Waals surface area (Å²) in [6, 6.07) is 3.70. The predicted octanol–water partition coefficient (Wildman–Crippen LogP) is 2.09. The summed E-state index contributed by atoms with van der Waals surface area (Å²) in [5.74, 6) is 0. The summed E-state index contributed by atoms with van der Waals surface area (Å²) in [6.07, 6.45) is 0. The number of aryl methyl sites for hydroxylation is 1. The Labute approximate surface area is 113 Å². The number of hydrogen-bond donors (Lipinski definition) is 1. The maximum Gasteiger partial charge on any atom is 0.270 e. The van der Waals surface area contributed by atoms with Crippen LogP contribution in [0.2, 0.25) is 0 Å². The van der Waals surface area contributed by atoms with Crippen LogP contribution >= 0.6 is 15.9 Å². The van der Waals surface area contributed by atoms with Crippen molar-refractivity contribution in [1.29, 1.82) is 0 Å². The highest BCUT2D eigenvalue weighted by Gasteiger charge is 2.20. The molecule has 0 aromatic heterocycles. The largest absolute Gasteiger partial charge is 0.270 e. The number of halogens is 1. The molecule has 0 fully saturated rings. The van der Waals surface area contributed by atoms with E-state index in [1.165, 1.54) is 12.1 Å². The SMILES string of the molecule is C=C(Br)CNS(=O)(=O)c1cc([N+](=O)[O-])ccc1C. The molecule has 0 radical (unpaired) electrons. The lowest BCUT2D eigenvalue weighted by atomic mass is 10.2. The van der Waals surface area contributed by atoms with Crippen molar-refractivity contribution in [1.82, 2.24) is 4.72 Å². The highest BCUT2D eigenvalue weighted by atomic mass is 79.9. The second kappa shape index (κ2) is 5.59. The van der Waals surface area contributed by atoms with Gasteiger partial charge in [-0.2, -0.15) is 0 Å². The monoisotopic (exact) mass is 334 g/mol. The average Bonchev–Trinajstić information content (AvgIpc) is 2.26. The van der Waals surface area contributed by atoms with Crippen molar-refractivity contribution in [2.24, 2.45) is 0 Å². The minimum atomic E-state index is -3.79. The van der Waals surface area contributed by atoms with Crippen molar-refractivity contribution in [3.8, 4) is 0 Å². The summed E-state index contributed by atoms with van der Waals surface area (Å²) in [6.45, 7) is 5.09. The van der Waals surface area contributed by atoms with Gasteiger partial charge >= 0.3 is 0 Å². The number of nitrogens with zero attached hydrogens (tertiary/aromatic N) is 1. The van der Waals surface area contributed by atoms with Gasteiger partial charge in [0.25, 0.3) is 5.69 Å². The second-order valence-electron chi connectivity index (χ2n) is 3.55. The molecule has 6 nitrogen and oxygen atoms in total. The fourth-order valence-corrected chi connectivity index (χ4v) is 2.86. The lowest BCUT2D eigenvalue weighted by Gasteiger charge is -2.08. The Morgan fingerprint density at radius 3 is 2.67 bits per heavy atom. The van der Waals surface area contributed by atoms with E-state index in [1.54, 1.807) is 6.92 Å². The van der Waals surface area contributed by atoms with Gasteiger partial charge in [0.05, 0.1) is 9.82 Å². The zero-order chi connectivity index (χ0) is 13.9. The maximum atomic E-state index is 11.9. The first-order valence-electron chi connectivity index (χ1n) is 4.82. The van der Waals surface area contributed by atoms with Crippen LogP contribution in [0.3, 0.4) is 0 Å². The first-order chi connectivity index (χ1) is 8.24. The molecule has 0 saturated heterocycles. The molecule has 0 bridgehead atoms. The van der Waals surface area contributed by atoms with Crippen molar-refractivity contribution < 1.29 is 13.3 Å².